The molecule has 0 N–H and O–H groups in total. The van der Waals surface area contributed by atoms with Crippen LogP contribution in [0.3, 0.4) is 0 Å². The van der Waals surface area contributed by atoms with Crippen molar-refractivity contribution < 1.29 is 9.21 Å². The predicted octanol–water partition coefficient (Wildman–Crippen LogP) is 2.71. The molecule has 0 spiro atoms. The summed E-state index contributed by atoms with van der Waals surface area (Å²) in [4.78, 5) is 21.5. The third kappa shape index (κ3) is 2.96. The fraction of sp³-hybridized carbons (Fsp3) is 0.474. The zero-order valence-electron chi connectivity index (χ0n) is 14.1. The largest absolute Gasteiger partial charge is 0.441 e. The van der Waals surface area contributed by atoms with E-state index in [1.807, 2.05) is 35.2 Å². The lowest BCUT2D eigenvalue weighted by Crippen LogP contribution is -2.39. The Morgan fingerprint density at radius 3 is 2.88 bits per heavy atom. The number of benzene rings is 1. The van der Waals surface area contributed by atoms with E-state index in [0.29, 0.717) is 24.9 Å². The molecule has 1 amide bonds. The second kappa shape index (κ2) is 6.40. The molecule has 3 heterocycles. The highest BCUT2D eigenvalue weighted by molar-refractivity contribution is 5.77. The lowest BCUT2D eigenvalue weighted by molar-refractivity contribution is -0.133. The number of aromatic nitrogens is 1. The number of likely N-dealkylation sites (tertiary alicyclic amines) is 1. The molecule has 0 radical (unpaired) electrons. The molecule has 1 fully saturated rings. The van der Waals surface area contributed by atoms with Gasteiger partial charge in [-0.05, 0) is 38.6 Å². The Bertz CT molecular complexity index is 725. The molecule has 1 aromatic heterocycles. The minimum atomic E-state index is 0.240. The van der Waals surface area contributed by atoms with Crippen LogP contribution in [0.25, 0.3) is 11.5 Å². The van der Waals surface area contributed by atoms with Crippen LogP contribution in [0.1, 0.15) is 30.7 Å². The number of oxazole rings is 1. The Balaban J connectivity index is 1.46. The van der Waals surface area contributed by atoms with Crippen molar-refractivity contribution in [1.29, 1.82) is 0 Å². The summed E-state index contributed by atoms with van der Waals surface area (Å²) in [6.45, 7) is 2.40. The zero-order chi connectivity index (χ0) is 16.5. The Labute approximate surface area is 142 Å². The van der Waals surface area contributed by atoms with Crippen LogP contribution in [0.2, 0.25) is 0 Å². The highest BCUT2D eigenvalue weighted by Gasteiger charge is 2.29. The highest BCUT2D eigenvalue weighted by Crippen LogP contribution is 2.27. The average molecular weight is 325 g/mol. The highest BCUT2D eigenvalue weighted by atomic mass is 16.4. The normalized spacial score (nSPS) is 21.0. The number of nitrogens with zero attached hydrogens (tertiary/aromatic N) is 3. The molecule has 126 valence electrons. The summed E-state index contributed by atoms with van der Waals surface area (Å²) in [5.74, 6) is 1.82. The standard InChI is InChI=1S/C19H23N3O2/c1-21-10-5-8-15(21)12-18(23)22-11-9-17-16(13-22)20-19(24-17)14-6-3-2-4-7-14/h2-4,6-7,15H,5,8-13H2,1H3. The second-order valence-electron chi connectivity index (χ2n) is 6.80. The molecule has 0 saturated carbocycles. The van der Waals surface area contributed by atoms with E-state index < -0.39 is 0 Å². The number of rotatable bonds is 3. The summed E-state index contributed by atoms with van der Waals surface area (Å²) in [5, 5.41) is 0. The molecule has 24 heavy (non-hydrogen) atoms. The van der Waals surface area contributed by atoms with Crippen LogP contribution in [0.5, 0.6) is 0 Å². The molecule has 2 aliphatic heterocycles. The van der Waals surface area contributed by atoms with Crippen LogP contribution >= 0.6 is 0 Å². The maximum atomic E-state index is 12.6. The van der Waals surface area contributed by atoms with E-state index in [4.69, 9.17) is 4.42 Å². The van der Waals surface area contributed by atoms with E-state index in [9.17, 15) is 4.79 Å². The van der Waals surface area contributed by atoms with Gasteiger partial charge >= 0.3 is 0 Å². The smallest absolute Gasteiger partial charge is 0.226 e. The quantitative estimate of drug-likeness (QED) is 0.871. The number of hydrogen-bond donors (Lipinski definition) is 0. The Kier molecular flexibility index (Phi) is 4.10. The third-order valence-electron chi connectivity index (χ3n) is 5.18. The van der Waals surface area contributed by atoms with Gasteiger partial charge in [0, 0.05) is 31.0 Å². The fourth-order valence-corrected chi connectivity index (χ4v) is 3.68. The summed E-state index contributed by atoms with van der Waals surface area (Å²) in [5.41, 5.74) is 1.89. The van der Waals surface area contributed by atoms with Crippen molar-refractivity contribution in [3.05, 3.63) is 41.8 Å². The van der Waals surface area contributed by atoms with Crippen molar-refractivity contribution in [2.24, 2.45) is 0 Å². The van der Waals surface area contributed by atoms with Gasteiger partial charge in [-0.3, -0.25) is 4.79 Å². The molecule has 1 saturated heterocycles. The van der Waals surface area contributed by atoms with Crippen molar-refractivity contribution in [2.75, 3.05) is 20.1 Å². The first kappa shape index (κ1) is 15.4. The summed E-state index contributed by atoms with van der Waals surface area (Å²) >= 11 is 0. The van der Waals surface area contributed by atoms with E-state index in [0.717, 1.165) is 42.9 Å². The second-order valence-corrected chi connectivity index (χ2v) is 6.80. The van der Waals surface area contributed by atoms with Crippen molar-refractivity contribution in [1.82, 2.24) is 14.8 Å². The summed E-state index contributed by atoms with van der Waals surface area (Å²) in [6, 6.07) is 10.3. The molecule has 5 nitrogen and oxygen atoms in total. The van der Waals surface area contributed by atoms with Crippen LogP contribution in [-0.4, -0.2) is 46.9 Å². The first-order valence-corrected chi connectivity index (χ1v) is 8.73. The van der Waals surface area contributed by atoms with E-state index in [2.05, 4.69) is 16.9 Å². The van der Waals surface area contributed by atoms with Crippen molar-refractivity contribution >= 4 is 5.91 Å². The van der Waals surface area contributed by atoms with E-state index in [1.54, 1.807) is 0 Å². The van der Waals surface area contributed by atoms with Crippen molar-refractivity contribution in [2.45, 2.75) is 38.3 Å². The number of fused-ring (bicyclic) bond motifs is 1. The predicted molar refractivity (Wildman–Crippen MR) is 91.3 cm³/mol. The van der Waals surface area contributed by atoms with Crippen LogP contribution < -0.4 is 0 Å². The van der Waals surface area contributed by atoms with Crippen LogP contribution in [0.15, 0.2) is 34.7 Å². The number of carbonyl (C=O) groups is 1. The number of hydrogen-bond acceptors (Lipinski definition) is 4. The van der Waals surface area contributed by atoms with Gasteiger partial charge in [0.25, 0.3) is 0 Å². The molecular weight excluding hydrogens is 302 g/mol. The van der Waals surface area contributed by atoms with E-state index in [-0.39, 0.29) is 5.91 Å². The van der Waals surface area contributed by atoms with Crippen LogP contribution in [-0.2, 0) is 17.8 Å². The first-order chi connectivity index (χ1) is 11.7. The maximum Gasteiger partial charge on any atom is 0.226 e. The Morgan fingerprint density at radius 1 is 1.29 bits per heavy atom. The average Bonchev–Trinajstić information content (AvgIpc) is 3.21. The SMILES string of the molecule is CN1CCCC1CC(=O)N1CCc2oc(-c3ccccc3)nc2C1. The van der Waals surface area contributed by atoms with Gasteiger partial charge in [-0.25, -0.2) is 4.98 Å². The van der Waals surface area contributed by atoms with Gasteiger partial charge in [0.05, 0.1) is 6.54 Å². The van der Waals surface area contributed by atoms with Gasteiger partial charge in [-0.1, -0.05) is 18.2 Å². The molecule has 2 aliphatic rings. The molecule has 5 heteroatoms. The lowest BCUT2D eigenvalue weighted by atomic mass is 10.1. The molecule has 1 atom stereocenters. The molecule has 2 aromatic rings. The molecular formula is C19H23N3O2. The third-order valence-corrected chi connectivity index (χ3v) is 5.18. The van der Waals surface area contributed by atoms with Crippen molar-refractivity contribution in [3.63, 3.8) is 0 Å². The van der Waals surface area contributed by atoms with E-state index >= 15 is 0 Å². The molecule has 0 bridgehead atoms. The van der Waals surface area contributed by atoms with Gasteiger partial charge in [0.15, 0.2) is 0 Å². The van der Waals surface area contributed by atoms with Gasteiger partial charge < -0.3 is 14.2 Å². The van der Waals surface area contributed by atoms with E-state index in [1.165, 1.54) is 6.42 Å². The van der Waals surface area contributed by atoms with Crippen LogP contribution in [0, 0.1) is 0 Å². The molecule has 4 rings (SSSR count). The summed E-state index contributed by atoms with van der Waals surface area (Å²) < 4.78 is 5.91. The lowest BCUT2D eigenvalue weighted by Gasteiger charge is -2.28. The Hall–Kier alpha value is -2.14. The number of carbonyl (C=O) groups excluding carboxylic acids is 1. The zero-order valence-corrected chi connectivity index (χ0v) is 14.1. The maximum absolute atomic E-state index is 12.6. The molecule has 1 unspecified atom stereocenters. The summed E-state index contributed by atoms with van der Waals surface area (Å²) in [6.07, 6.45) is 3.70. The fourth-order valence-electron chi connectivity index (χ4n) is 3.68. The van der Waals surface area contributed by atoms with Crippen molar-refractivity contribution in [3.8, 4) is 11.5 Å². The number of amides is 1. The van der Waals surface area contributed by atoms with Gasteiger partial charge in [0.2, 0.25) is 11.8 Å². The first-order valence-electron chi connectivity index (χ1n) is 8.73. The van der Waals surface area contributed by atoms with Gasteiger partial charge in [0.1, 0.15) is 11.5 Å². The summed E-state index contributed by atoms with van der Waals surface area (Å²) in [7, 11) is 2.11. The van der Waals surface area contributed by atoms with Gasteiger partial charge in [-0.2, -0.15) is 0 Å². The molecule has 0 aliphatic carbocycles. The minimum Gasteiger partial charge on any atom is -0.441 e. The Morgan fingerprint density at radius 2 is 2.12 bits per heavy atom. The minimum absolute atomic E-state index is 0.240. The van der Waals surface area contributed by atoms with Gasteiger partial charge in [-0.15, -0.1) is 0 Å². The topological polar surface area (TPSA) is 49.6 Å². The molecule has 1 aromatic carbocycles. The van der Waals surface area contributed by atoms with Crippen LogP contribution in [0.4, 0.5) is 0 Å². The monoisotopic (exact) mass is 325 g/mol.